The molecule has 0 radical (unpaired) electrons. The smallest absolute Gasteiger partial charge is 0.106 e. The molecule has 2 aromatic rings. The quantitative estimate of drug-likeness (QED) is 0.675. The highest BCUT2D eigenvalue weighted by atomic mass is 16.1. The summed E-state index contributed by atoms with van der Waals surface area (Å²) in [7, 11) is 2.17. The summed E-state index contributed by atoms with van der Waals surface area (Å²) in [5, 5.41) is 0. The monoisotopic (exact) mass is 381 g/mol. The van der Waals surface area contributed by atoms with Gasteiger partial charge in [0, 0.05) is 19.3 Å². The van der Waals surface area contributed by atoms with Crippen molar-refractivity contribution < 1.29 is 9.59 Å². The first-order valence-corrected chi connectivity index (χ1v) is 9.73. The minimum absolute atomic E-state index is 1.15. The molecular weight excluding hydrogens is 346 g/mol. The second-order valence-electron chi connectivity index (χ2n) is 6.74. The van der Waals surface area contributed by atoms with Gasteiger partial charge in [0.05, 0.1) is 0 Å². The third kappa shape index (κ3) is 8.81. The summed E-state index contributed by atoms with van der Waals surface area (Å²) in [4.78, 5) is 18.3. The summed E-state index contributed by atoms with van der Waals surface area (Å²) in [6.07, 6.45) is 6.31. The Kier molecular flexibility index (Phi) is 13.9. The molecule has 1 aliphatic rings. The first kappa shape index (κ1) is 25.3. The Balaban J connectivity index is 0.000000460. The van der Waals surface area contributed by atoms with Gasteiger partial charge in [-0.05, 0) is 61.4 Å². The molecule has 2 aromatic carbocycles. The molecule has 3 rings (SSSR count). The van der Waals surface area contributed by atoms with Crippen molar-refractivity contribution in [2.45, 2.75) is 46.0 Å². The third-order valence-electron chi connectivity index (χ3n) is 4.59. The summed E-state index contributed by atoms with van der Waals surface area (Å²) in [5.74, 6) is 0. The Labute approximate surface area is 171 Å². The van der Waals surface area contributed by atoms with E-state index in [1.807, 2.05) is 13.6 Å². The molecule has 0 amide bonds. The number of rotatable bonds is 4. The number of allylic oxidation sites excluding steroid dienone is 1. The fourth-order valence-electron chi connectivity index (χ4n) is 3.08. The van der Waals surface area contributed by atoms with Crippen LogP contribution in [-0.2, 0) is 22.4 Å². The number of nitrogens with zero attached hydrogens (tertiary/aromatic N) is 1. The number of hydrogen-bond donors (Lipinski definition) is 0. The zero-order valence-electron chi connectivity index (χ0n) is 17.7. The minimum atomic E-state index is 1.15. The van der Waals surface area contributed by atoms with Crippen LogP contribution in [0.1, 0.15) is 49.8 Å². The maximum Gasteiger partial charge on any atom is 0.106 e. The van der Waals surface area contributed by atoms with E-state index in [0.717, 1.165) is 5.57 Å². The average molecular weight is 382 g/mol. The summed E-state index contributed by atoms with van der Waals surface area (Å²) in [6, 6.07) is 17.3. The number of aryl methyl sites for hydroxylation is 2. The molecule has 3 nitrogen and oxygen atoms in total. The van der Waals surface area contributed by atoms with E-state index < -0.39 is 0 Å². The highest BCUT2D eigenvalue weighted by Crippen LogP contribution is 2.28. The molecular formula is C25H35NO2. The Morgan fingerprint density at radius 1 is 1.04 bits per heavy atom. The van der Waals surface area contributed by atoms with Gasteiger partial charge in [-0.15, -0.1) is 0 Å². The van der Waals surface area contributed by atoms with E-state index >= 15 is 0 Å². The zero-order valence-corrected chi connectivity index (χ0v) is 17.7. The van der Waals surface area contributed by atoms with Crippen molar-refractivity contribution in [3.8, 4) is 0 Å². The largest absolute Gasteiger partial charge is 0.374 e. The lowest BCUT2D eigenvalue weighted by Gasteiger charge is -2.27. The maximum absolute atomic E-state index is 8.00. The van der Waals surface area contributed by atoms with Crippen molar-refractivity contribution in [1.29, 1.82) is 0 Å². The van der Waals surface area contributed by atoms with Crippen LogP contribution in [0.3, 0.4) is 0 Å². The first-order valence-electron chi connectivity index (χ1n) is 9.73. The average Bonchev–Trinajstić information content (AvgIpc) is 2.76. The zero-order chi connectivity index (χ0) is 21.4. The van der Waals surface area contributed by atoms with Crippen molar-refractivity contribution in [2.75, 3.05) is 18.5 Å². The number of unbranched alkanes of at least 4 members (excludes halogenated alkanes) is 1. The standard InChI is InChI=1S/C13H17N.C10H14.2CH2O/c1-10(2)11-6-7-13-12(9-11)5-4-8-14(13)3;1-2-3-7-10-8-5-4-6-9-10;2*1-2/h6-7,9H,1,4-5,8H2,2-3H3;4-6,8-9H,2-3,7H2,1H3;2*1H2. The Bertz CT molecular complexity index is 680. The van der Waals surface area contributed by atoms with Crippen LogP contribution in [0, 0.1) is 0 Å². The van der Waals surface area contributed by atoms with Crippen molar-refractivity contribution in [3.05, 3.63) is 71.8 Å². The lowest BCUT2D eigenvalue weighted by molar-refractivity contribution is -0.0987. The molecule has 1 heterocycles. The number of carbonyl (C=O) groups excluding carboxylic acids is 2. The molecule has 0 aromatic heterocycles. The van der Waals surface area contributed by atoms with Crippen LogP contribution in [0.5, 0.6) is 0 Å². The molecule has 0 fully saturated rings. The van der Waals surface area contributed by atoms with Gasteiger partial charge >= 0.3 is 0 Å². The highest BCUT2D eigenvalue weighted by Gasteiger charge is 2.13. The van der Waals surface area contributed by atoms with E-state index in [-0.39, 0.29) is 0 Å². The third-order valence-corrected chi connectivity index (χ3v) is 4.59. The van der Waals surface area contributed by atoms with Gasteiger partial charge in [0.15, 0.2) is 0 Å². The Hall–Kier alpha value is -2.68. The molecule has 152 valence electrons. The molecule has 0 aliphatic carbocycles. The molecule has 0 N–H and O–H groups in total. The van der Waals surface area contributed by atoms with Crippen LogP contribution >= 0.6 is 0 Å². The number of benzene rings is 2. The van der Waals surface area contributed by atoms with E-state index in [9.17, 15) is 0 Å². The molecule has 0 atom stereocenters. The molecule has 0 saturated carbocycles. The van der Waals surface area contributed by atoms with Gasteiger partial charge in [-0.25, -0.2) is 0 Å². The number of carbonyl (C=O) groups is 2. The number of hydrogen-bond acceptors (Lipinski definition) is 3. The van der Waals surface area contributed by atoms with Crippen LogP contribution in [0.4, 0.5) is 5.69 Å². The molecule has 28 heavy (non-hydrogen) atoms. The maximum atomic E-state index is 8.00. The number of fused-ring (bicyclic) bond motifs is 1. The van der Waals surface area contributed by atoms with E-state index in [1.54, 1.807) is 0 Å². The summed E-state index contributed by atoms with van der Waals surface area (Å²) in [6.45, 7) is 13.4. The highest BCUT2D eigenvalue weighted by molar-refractivity contribution is 5.67. The van der Waals surface area contributed by atoms with Crippen molar-refractivity contribution in [1.82, 2.24) is 0 Å². The Morgan fingerprint density at radius 3 is 2.25 bits per heavy atom. The number of anilines is 1. The van der Waals surface area contributed by atoms with Gasteiger partial charge in [-0.1, -0.05) is 61.9 Å². The molecule has 3 heteroatoms. The van der Waals surface area contributed by atoms with E-state index in [1.165, 1.54) is 61.0 Å². The lowest BCUT2D eigenvalue weighted by Crippen LogP contribution is -2.24. The van der Waals surface area contributed by atoms with Gasteiger partial charge in [0.1, 0.15) is 13.6 Å². The normalized spacial score (nSPS) is 11.3. The van der Waals surface area contributed by atoms with E-state index in [4.69, 9.17) is 9.59 Å². The molecule has 1 aliphatic heterocycles. The van der Waals surface area contributed by atoms with Gasteiger partial charge in [-0.3, -0.25) is 0 Å². The fraction of sp³-hybridized carbons (Fsp3) is 0.360. The van der Waals surface area contributed by atoms with Crippen molar-refractivity contribution in [2.24, 2.45) is 0 Å². The lowest BCUT2D eigenvalue weighted by atomic mass is 9.97. The van der Waals surface area contributed by atoms with Crippen LogP contribution in [0.25, 0.3) is 5.57 Å². The van der Waals surface area contributed by atoms with Crippen LogP contribution in [-0.4, -0.2) is 27.2 Å². The van der Waals surface area contributed by atoms with E-state index in [2.05, 4.69) is 80.9 Å². The Morgan fingerprint density at radius 2 is 1.68 bits per heavy atom. The predicted octanol–water partition coefficient (Wildman–Crippen LogP) is 5.76. The molecule has 0 saturated heterocycles. The van der Waals surface area contributed by atoms with Crippen molar-refractivity contribution >= 4 is 24.8 Å². The minimum Gasteiger partial charge on any atom is -0.374 e. The van der Waals surface area contributed by atoms with Gasteiger partial charge in [0.2, 0.25) is 0 Å². The molecule has 0 bridgehead atoms. The van der Waals surface area contributed by atoms with Crippen LogP contribution in [0.2, 0.25) is 0 Å². The SMILES string of the molecule is C=C(C)c1ccc2c(c1)CCCN2C.C=O.C=O.CCCCc1ccccc1. The summed E-state index contributed by atoms with van der Waals surface area (Å²) in [5.41, 5.74) is 6.75. The molecule has 0 spiro atoms. The van der Waals surface area contributed by atoms with Crippen LogP contribution < -0.4 is 4.90 Å². The second-order valence-corrected chi connectivity index (χ2v) is 6.74. The van der Waals surface area contributed by atoms with Crippen LogP contribution in [0.15, 0.2) is 55.1 Å². The van der Waals surface area contributed by atoms with Gasteiger partial charge in [0.25, 0.3) is 0 Å². The van der Waals surface area contributed by atoms with Gasteiger partial charge in [-0.2, -0.15) is 0 Å². The second kappa shape index (κ2) is 15.4. The summed E-state index contributed by atoms with van der Waals surface area (Å²) >= 11 is 0. The predicted molar refractivity (Wildman–Crippen MR) is 122 cm³/mol. The van der Waals surface area contributed by atoms with E-state index in [0.29, 0.717) is 0 Å². The van der Waals surface area contributed by atoms with Gasteiger partial charge < -0.3 is 14.5 Å². The topological polar surface area (TPSA) is 37.4 Å². The summed E-state index contributed by atoms with van der Waals surface area (Å²) < 4.78 is 0. The first-order chi connectivity index (χ1) is 13.6. The molecule has 0 unspecified atom stereocenters. The van der Waals surface area contributed by atoms with Crippen molar-refractivity contribution in [3.63, 3.8) is 0 Å². The fourth-order valence-corrected chi connectivity index (χ4v) is 3.08.